The highest BCUT2D eigenvalue weighted by Crippen LogP contribution is 2.30. The second-order valence-electron chi connectivity index (χ2n) is 3.52. The van der Waals surface area contributed by atoms with Crippen LogP contribution in [0, 0.1) is 12.7 Å². The summed E-state index contributed by atoms with van der Waals surface area (Å²) in [5.74, 6) is -0.387. The minimum Gasteiger partial charge on any atom is -0.383 e. The minimum atomic E-state index is -0.892. The molecule has 84 valence electrons. The monoisotopic (exact) mass is 300 g/mol. The van der Waals surface area contributed by atoms with Gasteiger partial charge < -0.3 is 5.11 Å². The fourth-order valence-corrected chi connectivity index (χ4v) is 2.74. The predicted molar refractivity (Wildman–Crippen MR) is 67.2 cm³/mol. The quantitative estimate of drug-likeness (QED) is 0.887. The molecule has 1 nitrogen and oxygen atoms in total. The van der Waals surface area contributed by atoms with E-state index in [9.17, 15) is 9.50 Å². The van der Waals surface area contributed by atoms with Crippen molar-refractivity contribution < 1.29 is 9.50 Å². The normalized spacial score (nSPS) is 12.8. The molecule has 0 radical (unpaired) electrons. The van der Waals surface area contributed by atoms with Crippen molar-refractivity contribution in [1.29, 1.82) is 0 Å². The van der Waals surface area contributed by atoms with Gasteiger partial charge in [0.25, 0.3) is 0 Å². The second-order valence-corrected chi connectivity index (χ2v) is 5.75. The number of benzene rings is 1. The van der Waals surface area contributed by atoms with Crippen LogP contribution in [0.3, 0.4) is 0 Å². The number of rotatable bonds is 2. The molecule has 4 heteroatoms. The number of hydrogen-bond acceptors (Lipinski definition) is 2. The van der Waals surface area contributed by atoms with Crippen LogP contribution in [0.4, 0.5) is 4.39 Å². The van der Waals surface area contributed by atoms with Gasteiger partial charge in [0.15, 0.2) is 0 Å². The van der Waals surface area contributed by atoms with Crippen molar-refractivity contribution in [3.8, 4) is 0 Å². The van der Waals surface area contributed by atoms with E-state index >= 15 is 0 Å². The van der Waals surface area contributed by atoms with Gasteiger partial charge in [-0.25, -0.2) is 4.39 Å². The first-order valence-corrected chi connectivity index (χ1v) is 6.38. The third-order valence-corrected chi connectivity index (χ3v) is 3.83. The molecule has 0 fully saturated rings. The average molecular weight is 301 g/mol. The van der Waals surface area contributed by atoms with Gasteiger partial charge in [0.2, 0.25) is 0 Å². The standard InChI is InChI=1S/C12H10BrFOS/c1-7-2-5-11(16-7)12(15)9-6-8(13)3-4-10(9)14/h2-6,12,15H,1H3. The third kappa shape index (κ3) is 2.34. The maximum atomic E-state index is 13.5. The van der Waals surface area contributed by atoms with Gasteiger partial charge in [-0.15, -0.1) is 11.3 Å². The van der Waals surface area contributed by atoms with Crippen molar-refractivity contribution in [3.05, 3.63) is 55.9 Å². The first-order chi connectivity index (χ1) is 7.58. The van der Waals surface area contributed by atoms with Gasteiger partial charge in [0.1, 0.15) is 11.9 Å². The van der Waals surface area contributed by atoms with Crippen molar-refractivity contribution in [3.63, 3.8) is 0 Å². The van der Waals surface area contributed by atoms with Crippen LogP contribution in [0.15, 0.2) is 34.8 Å². The van der Waals surface area contributed by atoms with Crippen molar-refractivity contribution in [2.75, 3.05) is 0 Å². The van der Waals surface area contributed by atoms with E-state index in [1.54, 1.807) is 12.1 Å². The van der Waals surface area contributed by atoms with Gasteiger partial charge in [-0.2, -0.15) is 0 Å². The van der Waals surface area contributed by atoms with E-state index < -0.39 is 6.10 Å². The molecule has 2 rings (SSSR count). The molecule has 1 aromatic carbocycles. The molecule has 0 saturated carbocycles. The third-order valence-electron chi connectivity index (χ3n) is 2.28. The van der Waals surface area contributed by atoms with Crippen LogP contribution in [0.2, 0.25) is 0 Å². The summed E-state index contributed by atoms with van der Waals surface area (Å²) in [4.78, 5) is 1.86. The molecule has 0 aliphatic carbocycles. The highest BCUT2D eigenvalue weighted by Gasteiger charge is 2.16. The van der Waals surface area contributed by atoms with E-state index in [0.717, 1.165) is 14.2 Å². The van der Waals surface area contributed by atoms with Crippen molar-refractivity contribution in [2.45, 2.75) is 13.0 Å². The maximum Gasteiger partial charge on any atom is 0.129 e. The first kappa shape index (κ1) is 11.8. The molecule has 0 bridgehead atoms. The Hall–Kier alpha value is -0.710. The van der Waals surface area contributed by atoms with E-state index in [0.29, 0.717) is 5.56 Å². The Balaban J connectivity index is 2.40. The van der Waals surface area contributed by atoms with Crippen molar-refractivity contribution in [1.82, 2.24) is 0 Å². The molecule has 0 aliphatic rings. The molecule has 1 heterocycles. The van der Waals surface area contributed by atoms with Crippen LogP contribution in [0.1, 0.15) is 21.4 Å². The largest absolute Gasteiger partial charge is 0.383 e. The average Bonchev–Trinajstić information content (AvgIpc) is 2.67. The topological polar surface area (TPSA) is 20.2 Å². The number of halogens is 2. The lowest BCUT2D eigenvalue weighted by molar-refractivity contribution is 0.218. The van der Waals surface area contributed by atoms with Gasteiger partial charge in [-0.1, -0.05) is 15.9 Å². The van der Waals surface area contributed by atoms with Gasteiger partial charge in [-0.3, -0.25) is 0 Å². The Morgan fingerprint density at radius 1 is 1.31 bits per heavy atom. The van der Waals surface area contributed by atoms with Gasteiger partial charge in [0.05, 0.1) is 0 Å². The zero-order valence-corrected chi connectivity index (χ0v) is 11.0. The van der Waals surface area contributed by atoms with Crippen LogP contribution >= 0.6 is 27.3 Å². The van der Waals surface area contributed by atoms with E-state index in [1.165, 1.54) is 17.4 Å². The minimum absolute atomic E-state index is 0.302. The molecule has 16 heavy (non-hydrogen) atoms. The summed E-state index contributed by atoms with van der Waals surface area (Å²) in [5.41, 5.74) is 0.302. The Morgan fingerprint density at radius 2 is 2.06 bits per heavy atom. The molecule has 1 atom stereocenters. The number of thiophene rings is 1. The number of aliphatic hydroxyl groups excluding tert-OH is 1. The van der Waals surface area contributed by atoms with Crippen LogP contribution in [-0.4, -0.2) is 5.11 Å². The fraction of sp³-hybridized carbons (Fsp3) is 0.167. The highest BCUT2D eigenvalue weighted by atomic mass is 79.9. The Labute approximate surface area is 106 Å². The van der Waals surface area contributed by atoms with Crippen LogP contribution < -0.4 is 0 Å². The molecule has 1 aromatic heterocycles. The summed E-state index contributed by atoms with van der Waals surface area (Å²) < 4.78 is 14.3. The molecule has 0 amide bonds. The fourth-order valence-electron chi connectivity index (χ4n) is 1.48. The molecular weight excluding hydrogens is 291 g/mol. The number of aliphatic hydroxyl groups is 1. The molecular formula is C12H10BrFOS. The lowest BCUT2D eigenvalue weighted by atomic mass is 10.1. The summed E-state index contributed by atoms with van der Waals surface area (Å²) in [6.07, 6.45) is -0.892. The second kappa shape index (κ2) is 4.65. The first-order valence-electron chi connectivity index (χ1n) is 4.77. The number of aryl methyl sites for hydroxylation is 1. The molecule has 1 N–H and O–H groups in total. The smallest absolute Gasteiger partial charge is 0.129 e. The Bertz CT molecular complexity index is 509. The van der Waals surface area contributed by atoms with Crippen LogP contribution in [0.25, 0.3) is 0 Å². The molecule has 0 spiro atoms. The molecule has 2 aromatic rings. The van der Waals surface area contributed by atoms with E-state index in [1.807, 2.05) is 19.1 Å². The number of hydrogen-bond donors (Lipinski definition) is 1. The predicted octanol–water partition coefficient (Wildman–Crippen LogP) is 4.04. The van der Waals surface area contributed by atoms with Crippen molar-refractivity contribution in [2.24, 2.45) is 0 Å². The van der Waals surface area contributed by atoms with Gasteiger partial charge in [0, 0.05) is 19.8 Å². The summed E-state index contributed by atoms with van der Waals surface area (Å²) in [6, 6.07) is 8.31. The SMILES string of the molecule is Cc1ccc(C(O)c2cc(Br)ccc2F)s1. The zero-order valence-electron chi connectivity index (χ0n) is 8.58. The van der Waals surface area contributed by atoms with Gasteiger partial charge >= 0.3 is 0 Å². The van der Waals surface area contributed by atoms with Gasteiger partial charge in [-0.05, 0) is 37.3 Å². The Morgan fingerprint density at radius 3 is 2.69 bits per heavy atom. The summed E-state index contributed by atoms with van der Waals surface area (Å²) in [5, 5.41) is 10.1. The molecule has 0 saturated heterocycles. The van der Waals surface area contributed by atoms with Crippen LogP contribution in [-0.2, 0) is 0 Å². The zero-order chi connectivity index (χ0) is 11.7. The Kier molecular flexibility index (Phi) is 3.42. The lowest BCUT2D eigenvalue weighted by Gasteiger charge is -2.10. The molecule has 1 unspecified atom stereocenters. The molecule has 0 aliphatic heterocycles. The highest BCUT2D eigenvalue weighted by molar-refractivity contribution is 9.10. The van der Waals surface area contributed by atoms with Crippen molar-refractivity contribution >= 4 is 27.3 Å². The van der Waals surface area contributed by atoms with E-state index in [2.05, 4.69) is 15.9 Å². The van der Waals surface area contributed by atoms with E-state index in [4.69, 9.17) is 0 Å². The van der Waals surface area contributed by atoms with E-state index in [-0.39, 0.29) is 5.82 Å². The summed E-state index contributed by atoms with van der Waals surface area (Å²) >= 11 is 4.74. The summed E-state index contributed by atoms with van der Waals surface area (Å²) in [7, 11) is 0. The maximum absolute atomic E-state index is 13.5. The summed E-state index contributed by atoms with van der Waals surface area (Å²) in [6.45, 7) is 1.96. The van der Waals surface area contributed by atoms with Crippen LogP contribution in [0.5, 0.6) is 0 Å². The lowest BCUT2D eigenvalue weighted by Crippen LogP contribution is -2.00.